The van der Waals surface area contributed by atoms with E-state index in [9.17, 15) is 14.7 Å². The molecule has 1 aromatic rings. The molecule has 19 heavy (non-hydrogen) atoms. The summed E-state index contributed by atoms with van der Waals surface area (Å²) in [6.45, 7) is 4.98. The number of ether oxygens (including phenoxy) is 1. The van der Waals surface area contributed by atoms with Crippen molar-refractivity contribution >= 4 is 11.9 Å². The molecule has 0 fully saturated rings. The third kappa shape index (κ3) is 4.26. The van der Waals surface area contributed by atoms with Crippen LogP contribution in [0.4, 0.5) is 4.79 Å². The summed E-state index contributed by atoms with van der Waals surface area (Å²) < 4.78 is 5.44. The number of aliphatic hydroxyl groups excluding tert-OH is 1. The molecule has 0 bridgehead atoms. The molecule has 0 spiro atoms. The molecule has 6 heteroatoms. The Bertz CT molecular complexity index is 486. The number of carbonyl (C=O) groups excluding carboxylic acids is 2. The molecule has 0 radical (unpaired) electrons. The van der Waals surface area contributed by atoms with Crippen LogP contribution in [0, 0.1) is 6.92 Å². The van der Waals surface area contributed by atoms with Crippen molar-refractivity contribution in [1.82, 2.24) is 5.32 Å². The fraction of sp³-hybridized carbons (Fsp3) is 0.385. The zero-order valence-corrected chi connectivity index (χ0v) is 11.1. The molecule has 2 unspecified atom stereocenters. The van der Waals surface area contributed by atoms with Crippen LogP contribution in [0.3, 0.4) is 0 Å². The van der Waals surface area contributed by atoms with Crippen LogP contribution in [0.25, 0.3) is 0 Å². The van der Waals surface area contributed by atoms with Gasteiger partial charge >= 0.3 is 6.03 Å². The van der Waals surface area contributed by atoms with Crippen LogP contribution in [-0.4, -0.2) is 23.1 Å². The van der Waals surface area contributed by atoms with Crippen molar-refractivity contribution in [2.75, 3.05) is 0 Å². The molecule has 0 aromatic heterocycles. The Hall–Kier alpha value is -2.08. The lowest BCUT2D eigenvalue weighted by atomic mass is 10.1. The van der Waals surface area contributed by atoms with E-state index in [1.54, 1.807) is 25.1 Å². The topological polar surface area (TPSA) is 102 Å². The molecule has 2 atom stereocenters. The van der Waals surface area contributed by atoms with Crippen molar-refractivity contribution in [2.45, 2.75) is 33.0 Å². The number of aliphatic hydroxyl groups is 1. The summed E-state index contributed by atoms with van der Waals surface area (Å²) in [5.41, 5.74) is 6.41. The van der Waals surface area contributed by atoms with Crippen LogP contribution in [-0.2, 0) is 4.79 Å². The maximum Gasteiger partial charge on any atom is 0.318 e. The highest BCUT2D eigenvalue weighted by Gasteiger charge is 2.18. The van der Waals surface area contributed by atoms with Gasteiger partial charge < -0.3 is 15.6 Å². The molecule has 1 rings (SSSR count). The number of aryl methyl sites for hydroxylation is 1. The number of nitrogens with one attached hydrogen (secondary N) is 1. The Morgan fingerprint density at radius 2 is 2.00 bits per heavy atom. The number of primary amides is 1. The third-order valence-corrected chi connectivity index (χ3v) is 2.53. The highest BCUT2D eigenvalue weighted by molar-refractivity contribution is 5.95. The number of benzene rings is 1. The number of urea groups is 1. The summed E-state index contributed by atoms with van der Waals surface area (Å²) >= 11 is 0. The van der Waals surface area contributed by atoms with E-state index in [-0.39, 0.29) is 0 Å². The second kappa shape index (κ2) is 6.19. The van der Waals surface area contributed by atoms with Gasteiger partial charge in [-0.2, -0.15) is 0 Å². The summed E-state index contributed by atoms with van der Waals surface area (Å²) in [5, 5.41) is 11.6. The monoisotopic (exact) mass is 266 g/mol. The van der Waals surface area contributed by atoms with E-state index in [4.69, 9.17) is 10.5 Å². The van der Waals surface area contributed by atoms with E-state index < -0.39 is 24.1 Å². The van der Waals surface area contributed by atoms with Crippen LogP contribution < -0.4 is 15.8 Å². The zero-order valence-electron chi connectivity index (χ0n) is 11.1. The van der Waals surface area contributed by atoms with E-state index in [0.717, 1.165) is 5.56 Å². The quantitative estimate of drug-likeness (QED) is 0.756. The summed E-state index contributed by atoms with van der Waals surface area (Å²) in [5.74, 6) is -0.239. The Morgan fingerprint density at radius 1 is 1.37 bits per heavy atom. The lowest BCUT2D eigenvalue weighted by molar-refractivity contribution is -0.126. The number of carbonyl (C=O) groups is 2. The Labute approximate surface area is 111 Å². The average molecular weight is 266 g/mol. The van der Waals surface area contributed by atoms with E-state index in [1.165, 1.54) is 6.92 Å². The first kappa shape index (κ1) is 15.0. The molecule has 4 N–H and O–H groups in total. The van der Waals surface area contributed by atoms with Gasteiger partial charge in [0.2, 0.25) is 0 Å². The van der Waals surface area contributed by atoms with Crippen molar-refractivity contribution in [2.24, 2.45) is 5.73 Å². The summed E-state index contributed by atoms with van der Waals surface area (Å²) in [7, 11) is 0. The molecule has 3 amide bonds. The highest BCUT2D eigenvalue weighted by Crippen LogP contribution is 2.27. The lowest BCUT2D eigenvalue weighted by Gasteiger charge is -2.18. The number of rotatable bonds is 4. The Kier molecular flexibility index (Phi) is 4.88. The first-order valence-corrected chi connectivity index (χ1v) is 5.87. The minimum Gasteiger partial charge on any atom is -0.481 e. The average Bonchev–Trinajstić information content (AvgIpc) is 2.30. The second-order valence-corrected chi connectivity index (χ2v) is 4.33. The van der Waals surface area contributed by atoms with Crippen LogP contribution in [0.5, 0.6) is 5.75 Å². The van der Waals surface area contributed by atoms with Gasteiger partial charge in [0, 0.05) is 5.56 Å². The number of hydrogen-bond acceptors (Lipinski definition) is 4. The predicted molar refractivity (Wildman–Crippen MR) is 69.6 cm³/mol. The van der Waals surface area contributed by atoms with E-state index >= 15 is 0 Å². The van der Waals surface area contributed by atoms with Gasteiger partial charge in [0.15, 0.2) is 6.10 Å². The van der Waals surface area contributed by atoms with Crippen molar-refractivity contribution in [3.05, 3.63) is 29.3 Å². The fourth-order valence-electron chi connectivity index (χ4n) is 1.57. The van der Waals surface area contributed by atoms with E-state index in [1.807, 2.05) is 12.2 Å². The maximum absolute atomic E-state index is 11.5. The molecule has 1 aromatic carbocycles. The van der Waals surface area contributed by atoms with Crippen molar-refractivity contribution < 1.29 is 19.4 Å². The molecular formula is C13H18N2O4. The lowest BCUT2D eigenvalue weighted by Crippen LogP contribution is -2.42. The van der Waals surface area contributed by atoms with Crippen molar-refractivity contribution in [1.29, 1.82) is 0 Å². The minimum absolute atomic E-state index is 0.396. The standard InChI is InChI=1S/C13H18N2O4/c1-7-4-5-11(10(6-7)8(2)16)19-9(3)12(17)15-13(14)18/h4-6,8-9,16H,1-3H3,(H3,14,15,17,18). The summed E-state index contributed by atoms with van der Waals surface area (Å²) in [6.07, 6.45) is -1.62. The van der Waals surface area contributed by atoms with Crippen molar-refractivity contribution in [3.8, 4) is 5.75 Å². The Balaban J connectivity index is 2.87. The van der Waals surface area contributed by atoms with Crippen LogP contribution in [0.15, 0.2) is 18.2 Å². The van der Waals surface area contributed by atoms with Gasteiger partial charge in [-0.3, -0.25) is 10.1 Å². The predicted octanol–water partition coefficient (Wildman–Crippen LogP) is 1.01. The highest BCUT2D eigenvalue weighted by atomic mass is 16.5. The maximum atomic E-state index is 11.5. The van der Waals surface area contributed by atoms with Crippen LogP contribution >= 0.6 is 0 Å². The molecule has 6 nitrogen and oxygen atoms in total. The summed E-state index contributed by atoms with van der Waals surface area (Å²) in [4.78, 5) is 22.1. The largest absolute Gasteiger partial charge is 0.481 e. The number of hydrogen-bond donors (Lipinski definition) is 3. The second-order valence-electron chi connectivity index (χ2n) is 4.33. The molecule has 0 saturated carbocycles. The van der Waals surface area contributed by atoms with Crippen LogP contribution in [0.2, 0.25) is 0 Å². The smallest absolute Gasteiger partial charge is 0.318 e. The minimum atomic E-state index is -0.930. The molecule has 0 aliphatic heterocycles. The van der Waals surface area contributed by atoms with Crippen molar-refractivity contribution in [3.63, 3.8) is 0 Å². The number of amides is 3. The molecular weight excluding hydrogens is 248 g/mol. The molecule has 0 aliphatic rings. The normalized spacial score (nSPS) is 13.5. The summed E-state index contributed by atoms with van der Waals surface area (Å²) in [6, 6.07) is 4.32. The number of imide groups is 1. The first-order valence-electron chi connectivity index (χ1n) is 5.87. The SMILES string of the molecule is Cc1ccc(OC(C)C(=O)NC(N)=O)c(C(C)O)c1. The number of nitrogens with two attached hydrogens (primary N) is 1. The van der Waals surface area contributed by atoms with Gasteiger partial charge in [-0.25, -0.2) is 4.79 Å². The van der Waals surface area contributed by atoms with Gasteiger partial charge in [-0.1, -0.05) is 11.6 Å². The molecule has 0 heterocycles. The molecule has 0 saturated heterocycles. The Morgan fingerprint density at radius 3 is 2.53 bits per heavy atom. The van der Waals surface area contributed by atoms with Crippen LogP contribution in [0.1, 0.15) is 31.1 Å². The first-order chi connectivity index (χ1) is 8.81. The van der Waals surface area contributed by atoms with Gasteiger partial charge in [0.05, 0.1) is 6.10 Å². The van der Waals surface area contributed by atoms with Gasteiger partial charge in [0.1, 0.15) is 5.75 Å². The third-order valence-electron chi connectivity index (χ3n) is 2.53. The molecule has 104 valence electrons. The zero-order chi connectivity index (χ0) is 14.6. The van der Waals surface area contributed by atoms with E-state index in [0.29, 0.717) is 11.3 Å². The van der Waals surface area contributed by atoms with E-state index in [2.05, 4.69) is 0 Å². The molecule has 0 aliphatic carbocycles. The fourth-order valence-corrected chi connectivity index (χ4v) is 1.57. The van der Waals surface area contributed by atoms with Gasteiger partial charge in [0.25, 0.3) is 5.91 Å². The van der Waals surface area contributed by atoms with Gasteiger partial charge in [-0.15, -0.1) is 0 Å². The van der Waals surface area contributed by atoms with Gasteiger partial charge in [-0.05, 0) is 32.9 Å².